The third-order valence-corrected chi connectivity index (χ3v) is 5.63. The highest BCUT2D eigenvalue weighted by Crippen LogP contribution is 2.43. The van der Waals surface area contributed by atoms with Gasteiger partial charge >= 0.3 is 5.97 Å². The van der Waals surface area contributed by atoms with Crippen LogP contribution in [0.25, 0.3) is 0 Å². The number of hydrogen-bond acceptors (Lipinski definition) is 5. The molecule has 0 saturated carbocycles. The zero-order valence-corrected chi connectivity index (χ0v) is 16.0. The largest absolute Gasteiger partial charge is 0.462 e. The fourth-order valence-corrected chi connectivity index (χ4v) is 3.74. The number of imide groups is 1. The van der Waals surface area contributed by atoms with Crippen molar-refractivity contribution in [3.8, 4) is 0 Å². The minimum atomic E-state index is -0.408. The highest BCUT2D eigenvalue weighted by atomic mass is 16.5. The van der Waals surface area contributed by atoms with Crippen molar-refractivity contribution in [1.82, 2.24) is 0 Å². The Kier molecular flexibility index (Phi) is 5.46. The summed E-state index contributed by atoms with van der Waals surface area (Å²) in [5.74, 6) is -1.12. The van der Waals surface area contributed by atoms with Crippen molar-refractivity contribution < 1.29 is 23.9 Å². The van der Waals surface area contributed by atoms with E-state index in [9.17, 15) is 14.4 Å². The smallest absolute Gasteiger partial charge is 0.338 e. The van der Waals surface area contributed by atoms with Gasteiger partial charge in [0.1, 0.15) is 0 Å². The molecule has 0 N–H and O–H groups in total. The molecule has 1 fully saturated rings. The summed E-state index contributed by atoms with van der Waals surface area (Å²) < 4.78 is 11.0. The van der Waals surface area contributed by atoms with Gasteiger partial charge in [-0.05, 0) is 50.5 Å². The number of carbonyl (C=O) groups is 3. The number of nitrogens with zero attached hydrogens (tertiary/aromatic N) is 1. The summed E-state index contributed by atoms with van der Waals surface area (Å²) in [4.78, 5) is 37.3. The Bertz CT molecular complexity index is 776. The summed E-state index contributed by atoms with van der Waals surface area (Å²) >= 11 is 0. The topological polar surface area (TPSA) is 72.9 Å². The van der Waals surface area contributed by atoms with E-state index in [2.05, 4.69) is 13.8 Å². The quantitative estimate of drug-likeness (QED) is 0.543. The Hall–Kier alpha value is -2.47. The van der Waals surface area contributed by atoms with E-state index in [1.807, 2.05) is 0 Å². The molecule has 6 nitrogen and oxygen atoms in total. The summed E-state index contributed by atoms with van der Waals surface area (Å²) in [5.41, 5.74) is 1.35. The number of anilines is 1. The summed E-state index contributed by atoms with van der Waals surface area (Å²) in [6.07, 6.45) is 4.30. The number of benzene rings is 1. The van der Waals surface area contributed by atoms with Crippen molar-refractivity contribution in [3.05, 3.63) is 41.5 Å². The SMILES string of the molecule is CCC1OCC1(CC)CCOC(=O)c1ccc(N2C(=O)C=C(C)C2=O)cc1. The van der Waals surface area contributed by atoms with Crippen LogP contribution in [0.15, 0.2) is 35.9 Å². The van der Waals surface area contributed by atoms with Gasteiger partial charge in [-0.2, -0.15) is 0 Å². The maximum atomic E-state index is 12.3. The molecule has 0 radical (unpaired) electrons. The number of amides is 2. The van der Waals surface area contributed by atoms with Crippen LogP contribution in [0.2, 0.25) is 0 Å². The van der Waals surface area contributed by atoms with Gasteiger partial charge in [-0.3, -0.25) is 9.59 Å². The van der Waals surface area contributed by atoms with Gasteiger partial charge in [0.05, 0.1) is 30.6 Å². The standard InChI is InChI=1S/C21H25NO5/c1-4-17-21(5-2,13-27-17)10-11-26-20(25)15-6-8-16(9-7-15)22-18(23)12-14(3)19(22)24/h6-9,12,17H,4-5,10-11,13H2,1-3H3. The van der Waals surface area contributed by atoms with Gasteiger partial charge < -0.3 is 9.47 Å². The number of hydrogen-bond donors (Lipinski definition) is 0. The summed E-state index contributed by atoms with van der Waals surface area (Å²) in [6, 6.07) is 6.31. The normalized spacial score (nSPS) is 24.6. The molecule has 0 aliphatic carbocycles. The summed E-state index contributed by atoms with van der Waals surface area (Å²) in [6.45, 7) is 6.92. The second kappa shape index (κ2) is 7.64. The maximum Gasteiger partial charge on any atom is 0.338 e. The van der Waals surface area contributed by atoms with E-state index in [1.165, 1.54) is 6.08 Å². The van der Waals surface area contributed by atoms with E-state index in [0.29, 0.717) is 23.4 Å². The van der Waals surface area contributed by atoms with Crippen molar-refractivity contribution in [1.29, 1.82) is 0 Å². The monoisotopic (exact) mass is 371 g/mol. The van der Waals surface area contributed by atoms with Crippen molar-refractivity contribution in [2.24, 2.45) is 5.41 Å². The molecule has 1 aromatic carbocycles. The first-order chi connectivity index (χ1) is 12.9. The Morgan fingerprint density at radius 1 is 1.26 bits per heavy atom. The minimum absolute atomic E-state index is 0.111. The van der Waals surface area contributed by atoms with Gasteiger partial charge in [0, 0.05) is 17.1 Å². The molecule has 2 unspecified atom stereocenters. The lowest BCUT2D eigenvalue weighted by Gasteiger charge is -2.48. The Labute approximate surface area is 159 Å². The number of esters is 1. The molecule has 3 rings (SSSR count). The van der Waals surface area contributed by atoms with Gasteiger partial charge in [-0.1, -0.05) is 13.8 Å². The Morgan fingerprint density at radius 2 is 1.96 bits per heavy atom. The Morgan fingerprint density at radius 3 is 2.44 bits per heavy atom. The summed E-state index contributed by atoms with van der Waals surface area (Å²) in [7, 11) is 0. The zero-order chi connectivity index (χ0) is 19.6. The average molecular weight is 371 g/mol. The van der Waals surface area contributed by atoms with Crippen LogP contribution in [0, 0.1) is 5.41 Å². The average Bonchev–Trinajstić information content (AvgIpc) is 2.90. The molecule has 1 aromatic rings. The fourth-order valence-electron chi connectivity index (χ4n) is 3.74. The zero-order valence-electron chi connectivity index (χ0n) is 16.0. The molecular weight excluding hydrogens is 346 g/mol. The third-order valence-electron chi connectivity index (χ3n) is 5.63. The van der Waals surface area contributed by atoms with Crippen LogP contribution in [0.5, 0.6) is 0 Å². The minimum Gasteiger partial charge on any atom is -0.462 e. The second-order valence-electron chi connectivity index (χ2n) is 7.16. The van der Waals surface area contributed by atoms with E-state index in [4.69, 9.17) is 9.47 Å². The van der Waals surface area contributed by atoms with Gasteiger partial charge in [0.15, 0.2) is 0 Å². The lowest BCUT2D eigenvalue weighted by atomic mass is 9.72. The van der Waals surface area contributed by atoms with Crippen LogP contribution in [0.4, 0.5) is 5.69 Å². The lowest BCUT2D eigenvalue weighted by Crippen LogP contribution is -2.51. The van der Waals surface area contributed by atoms with E-state index in [0.717, 1.165) is 30.8 Å². The van der Waals surface area contributed by atoms with E-state index in [-0.39, 0.29) is 23.3 Å². The molecule has 0 spiro atoms. The van der Waals surface area contributed by atoms with Crippen LogP contribution in [0.3, 0.4) is 0 Å². The predicted octanol–water partition coefficient (Wildman–Crippen LogP) is 3.26. The van der Waals surface area contributed by atoms with Crippen molar-refractivity contribution in [2.75, 3.05) is 18.1 Å². The van der Waals surface area contributed by atoms with Gasteiger partial charge in [0.25, 0.3) is 11.8 Å². The lowest BCUT2D eigenvalue weighted by molar-refractivity contribution is -0.196. The van der Waals surface area contributed by atoms with Crippen LogP contribution in [-0.4, -0.2) is 37.1 Å². The summed E-state index contributed by atoms with van der Waals surface area (Å²) in [5, 5.41) is 0. The Balaban J connectivity index is 1.57. The molecule has 144 valence electrons. The molecule has 27 heavy (non-hydrogen) atoms. The second-order valence-corrected chi connectivity index (χ2v) is 7.16. The van der Waals surface area contributed by atoms with Crippen LogP contribution in [0.1, 0.15) is 50.4 Å². The first-order valence-electron chi connectivity index (χ1n) is 9.37. The fraction of sp³-hybridized carbons (Fsp3) is 0.476. The molecule has 2 amide bonds. The number of carbonyl (C=O) groups excluding carboxylic acids is 3. The van der Waals surface area contributed by atoms with Crippen molar-refractivity contribution >= 4 is 23.5 Å². The molecule has 0 aromatic heterocycles. The van der Waals surface area contributed by atoms with Gasteiger partial charge in [0.2, 0.25) is 0 Å². The highest BCUT2D eigenvalue weighted by molar-refractivity contribution is 6.30. The van der Waals surface area contributed by atoms with Crippen LogP contribution < -0.4 is 4.90 Å². The van der Waals surface area contributed by atoms with Crippen molar-refractivity contribution in [3.63, 3.8) is 0 Å². The molecule has 6 heteroatoms. The number of ether oxygens (including phenoxy) is 2. The van der Waals surface area contributed by atoms with Crippen LogP contribution >= 0.6 is 0 Å². The highest BCUT2D eigenvalue weighted by Gasteiger charge is 2.45. The van der Waals surface area contributed by atoms with Crippen molar-refractivity contribution in [2.45, 2.75) is 46.1 Å². The molecule has 2 aliphatic rings. The molecule has 2 atom stereocenters. The third kappa shape index (κ3) is 3.54. The molecule has 0 bridgehead atoms. The molecule has 2 heterocycles. The first kappa shape index (κ1) is 19.3. The molecular formula is C21H25NO5. The first-order valence-corrected chi connectivity index (χ1v) is 9.37. The van der Waals surface area contributed by atoms with Gasteiger partial charge in [-0.15, -0.1) is 0 Å². The predicted molar refractivity (Wildman–Crippen MR) is 100 cm³/mol. The maximum absolute atomic E-state index is 12.3. The van der Waals surface area contributed by atoms with Gasteiger partial charge in [-0.25, -0.2) is 9.69 Å². The van der Waals surface area contributed by atoms with E-state index >= 15 is 0 Å². The van der Waals surface area contributed by atoms with Crippen LogP contribution in [-0.2, 0) is 19.1 Å². The molecule has 1 saturated heterocycles. The molecule has 2 aliphatic heterocycles. The number of rotatable bonds is 7. The van der Waals surface area contributed by atoms with E-state index < -0.39 is 5.97 Å². The van der Waals surface area contributed by atoms with E-state index in [1.54, 1.807) is 31.2 Å².